The van der Waals surface area contributed by atoms with Crippen molar-refractivity contribution in [3.05, 3.63) is 58.1 Å². The molecule has 1 aliphatic carbocycles. The molecule has 0 spiro atoms. The first-order valence-electron chi connectivity index (χ1n) is 12.2. The SMILES string of the molecule is CCCCS(=O)C1=C(N)c2c(-c3ccc(OCCOC(=O)CN(C)C)cc3)cc(-c3nccs3)nc2C1. The number of rotatable bonds is 12. The van der Waals surface area contributed by atoms with Gasteiger partial charge in [0.15, 0.2) is 0 Å². The summed E-state index contributed by atoms with van der Waals surface area (Å²) in [5.74, 6) is 0.987. The predicted octanol–water partition coefficient (Wildman–Crippen LogP) is 4.09. The van der Waals surface area contributed by atoms with Gasteiger partial charge in [-0.25, -0.2) is 9.97 Å². The number of ether oxygens (including phenoxy) is 2. The number of aromatic nitrogens is 2. The van der Waals surface area contributed by atoms with Crippen LogP contribution in [0.2, 0.25) is 0 Å². The quantitative estimate of drug-likeness (QED) is 0.270. The summed E-state index contributed by atoms with van der Waals surface area (Å²) in [5.41, 5.74) is 11.5. The lowest BCUT2D eigenvalue weighted by molar-refractivity contribution is -0.145. The van der Waals surface area contributed by atoms with Gasteiger partial charge in [-0.3, -0.25) is 13.9 Å². The number of hydrogen-bond acceptors (Lipinski definition) is 9. The van der Waals surface area contributed by atoms with Crippen LogP contribution in [0, 0.1) is 0 Å². The molecule has 1 unspecified atom stereocenters. The Hall–Kier alpha value is -3.08. The van der Waals surface area contributed by atoms with Crippen LogP contribution in [0.3, 0.4) is 0 Å². The van der Waals surface area contributed by atoms with Gasteiger partial charge < -0.3 is 15.2 Å². The molecular formula is C27H32N4O4S2. The molecule has 0 fully saturated rings. The van der Waals surface area contributed by atoms with Gasteiger partial charge in [-0.05, 0) is 49.8 Å². The van der Waals surface area contributed by atoms with Crippen LogP contribution in [0.15, 0.2) is 46.8 Å². The molecule has 0 aliphatic heterocycles. The molecule has 1 aliphatic rings. The van der Waals surface area contributed by atoms with Crippen molar-refractivity contribution in [3.63, 3.8) is 0 Å². The molecule has 3 aromatic rings. The van der Waals surface area contributed by atoms with E-state index in [0.717, 1.165) is 50.8 Å². The molecule has 2 N–H and O–H groups in total. The number of allylic oxidation sites excluding steroid dienone is 1. The molecule has 2 aromatic heterocycles. The van der Waals surface area contributed by atoms with E-state index < -0.39 is 10.8 Å². The molecular weight excluding hydrogens is 508 g/mol. The van der Waals surface area contributed by atoms with Crippen LogP contribution in [0.5, 0.6) is 5.75 Å². The second kappa shape index (κ2) is 12.4. The molecule has 0 saturated carbocycles. The van der Waals surface area contributed by atoms with Crippen molar-refractivity contribution in [1.29, 1.82) is 0 Å². The Morgan fingerprint density at radius 1 is 1.22 bits per heavy atom. The van der Waals surface area contributed by atoms with Gasteiger partial charge in [0.05, 0.1) is 34.4 Å². The number of thiazole rings is 1. The monoisotopic (exact) mass is 540 g/mol. The first-order valence-corrected chi connectivity index (χ1v) is 14.4. The number of nitrogens with zero attached hydrogens (tertiary/aromatic N) is 3. The van der Waals surface area contributed by atoms with Gasteiger partial charge in [0, 0.05) is 34.2 Å². The minimum absolute atomic E-state index is 0.183. The van der Waals surface area contributed by atoms with Crippen LogP contribution in [0.4, 0.5) is 0 Å². The highest BCUT2D eigenvalue weighted by Gasteiger charge is 2.29. The minimum Gasteiger partial charge on any atom is -0.490 e. The molecule has 0 radical (unpaired) electrons. The third kappa shape index (κ3) is 6.63. The second-order valence-electron chi connectivity index (χ2n) is 8.96. The van der Waals surface area contributed by atoms with Crippen molar-refractivity contribution in [3.8, 4) is 27.6 Å². The fourth-order valence-electron chi connectivity index (χ4n) is 4.05. The smallest absolute Gasteiger partial charge is 0.320 e. The maximum atomic E-state index is 13.0. The summed E-state index contributed by atoms with van der Waals surface area (Å²) in [6.07, 6.45) is 4.12. The molecule has 10 heteroatoms. The van der Waals surface area contributed by atoms with Crippen molar-refractivity contribution in [2.24, 2.45) is 5.73 Å². The van der Waals surface area contributed by atoms with E-state index in [1.165, 1.54) is 11.3 Å². The summed E-state index contributed by atoms with van der Waals surface area (Å²) in [6.45, 7) is 2.77. The van der Waals surface area contributed by atoms with Crippen molar-refractivity contribution in [2.75, 3.05) is 39.6 Å². The van der Waals surface area contributed by atoms with Gasteiger partial charge in [0.2, 0.25) is 0 Å². The van der Waals surface area contributed by atoms with Gasteiger partial charge in [-0.15, -0.1) is 11.3 Å². The number of pyridine rings is 1. The molecule has 196 valence electrons. The van der Waals surface area contributed by atoms with Crippen LogP contribution < -0.4 is 10.5 Å². The van der Waals surface area contributed by atoms with Gasteiger partial charge in [-0.1, -0.05) is 25.5 Å². The van der Waals surface area contributed by atoms with E-state index in [1.54, 1.807) is 11.1 Å². The molecule has 0 saturated heterocycles. The van der Waals surface area contributed by atoms with Crippen LogP contribution in [-0.2, 0) is 26.8 Å². The fourth-order valence-corrected chi connectivity index (χ4v) is 6.09. The highest BCUT2D eigenvalue weighted by Crippen LogP contribution is 2.40. The Kier molecular flexibility index (Phi) is 9.07. The number of fused-ring (bicyclic) bond motifs is 1. The molecule has 37 heavy (non-hydrogen) atoms. The zero-order valence-electron chi connectivity index (χ0n) is 21.4. The summed E-state index contributed by atoms with van der Waals surface area (Å²) >= 11 is 1.53. The average Bonchev–Trinajstić information content (AvgIpc) is 3.53. The molecule has 0 bridgehead atoms. The Morgan fingerprint density at radius 3 is 2.68 bits per heavy atom. The van der Waals surface area contributed by atoms with E-state index in [-0.39, 0.29) is 25.7 Å². The summed E-state index contributed by atoms with van der Waals surface area (Å²) in [5, 5.41) is 2.75. The fraction of sp³-hybridized carbons (Fsp3) is 0.370. The number of carbonyl (C=O) groups is 1. The van der Waals surface area contributed by atoms with Gasteiger partial charge >= 0.3 is 5.97 Å². The van der Waals surface area contributed by atoms with Gasteiger partial charge in [-0.2, -0.15) is 0 Å². The highest BCUT2D eigenvalue weighted by atomic mass is 32.2. The largest absolute Gasteiger partial charge is 0.490 e. The first-order chi connectivity index (χ1) is 17.9. The third-order valence-electron chi connectivity index (χ3n) is 5.83. The number of carbonyl (C=O) groups excluding carboxylic acids is 1. The highest BCUT2D eigenvalue weighted by molar-refractivity contribution is 7.89. The number of hydrogen-bond donors (Lipinski definition) is 1. The zero-order chi connectivity index (χ0) is 26.4. The van der Waals surface area contributed by atoms with E-state index in [2.05, 4.69) is 11.9 Å². The Morgan fingerprint density at radius 2 is 2.00 bits per heavy atom. The normalized spacial score (nSPS) is 13.6. The zero-order valence-corrected chi connectivity index (χ0v) is 23.0. The lowest BCUT2D eigenvalue weighted by atomic mass is 9.98. The van der Waals surface area contributed by atoms with E-state index in [9.17, 15) is 9.00 Å². The number of esters is 1. The Bertz CT molecular complexity index is 1290. The summed E-state index contributed by atoms with van der Waals surface area (Å²) in [7, 11) is 2.49. The van der Waals surface area contributed by atoms with Gasteiger partial charge in [0.25, 0.3) is 0 Å². The van der Waals surface area contributed by atoms with Crippen molar-refractivity contribution < 1.29 is 18.5 Å². The summed E-state index contributed by atoms with van der Waals surface area (Å²) in [6, 6.07) is 9.69. The van der Waals surface area contributed by atoms with Crippen LogP contribution >= 0.6 is 11.3 Å². The van der Waals surface area contributed by atoms with Crippen LogP contribution in [0.25, 0.3) is 27.5 Å². The van der Waals surface area contributed by atoms with E-state index in [0.29, 0.717) is 23.6 Å². The van der Waals surface area contributed by atoms with Crippen molar-refractivity contribution in [1.82, 2.24) is 14.9 Å². The molecule has 1 aromatic carbocycles. The maximum Gasteiger partial charge on any atom is 0.320 e. The Balaban J connectivity index is 1.56. The first kappa shape index (κ1) is 27.0. The van der Waals surface area contributed by atoms with Crippen LogP contribution in [-0.4, -0.2) is 64.7 Å². The molecule has 0 amide bonds. The molecule has 1 atom stereocenters. The number of likely N-dealkylation sites (N-methyl/N-ethyl adjacent to an activating group) is 1. The molecule has 4 rings (SSSR count). The third-order valence-corrected chi connectivity index (χ3v) is 8.20. The minimum atomic E-state index is -1.13. The topological polar surface area (TPSA) is 108 Å². The van der Waals surface area contributed by atoms with Crippen LogP contribution in [0.1, 0.15) is 31.0 Å². The van der Waals surface area contributed by atoms with Gasteiger partial charge in [0.1, 0.15) is 24.0 Å². The van der Waals surface area contributed by atoms with E-state index >= 15 is 0 Å². The lowest BCUT2D eigenvalue weighted by Crippen LogP contribution is -2.25. The number of nitrogens with two attached hydrogens (primary N) is 1. The standard InChI is InChI=1S/C27H32N4O4S2/c1-4-5-14-37(33)23-16-21-25(26(23)28)20(15-22(30-21)27-29-10-13-36-27)18-6-8-19(9-7-18)34-11-12-35-24(32)17-31(2)3/h6-10,13,15H,4-5,11-12,14,16-17,28H2,1-3H3. The second-order valence-corrected chi connectivity index (χ2v) is 11.4. The van der Waals surface area contributed by atoms with Crippen molar-refractivity contribution >= 4 is 33.8 Å². The maximum absolute atomic E-state index is 13.0. The number of benzene rings is 1. The van der Waals surface area contributed by atoms with Crippen molar-refractivity contribution in [2.45, 2.75) is 26.2 Å². The predicted molar refractivity (Wildman–Crippen MR) is 149 cm³/mol. The number of unbranched alkanes of at least 4 members (excludes halogenated alkanes) is 1. The summed E-state index contributed by atoms with van der Waals surface area (Å²) < 4.78 is 23.9. The summed E-state index contributed by atoms with van der Waals surface area (Å²) in [4.78, 5) is 23.5. The molecule has 2 heterocycles. The van der Waals surface area contributed by atoms with E-state index in [1.807, 2.05) is 49.8 Å². The lowest BCUT2D eigenvalue weighted by Gasteiger charge is -2.13. The Labute approximate surface area is 224 Å². The molecule has 8 nitrogen and oxygen atoms in total. The van der Waals surface area contributed by atoms with E-state index in [4.69, 9.17) is 20.2 Å². The average molecular weight is 541 g/mol.